The van der Waals surface area contributed by atoms with Crippen molar-refractivity contribution in [3.63, 3.8) is 0 Å². The van der Waals surface area contributed by atoms with Crippen molar-refractivity contribution < 1.29 is 19.5 Å². The third-order valence-electron chi connectivity index (χ3n) is 2.13. The summed E-state index contributed by atoms with van der Waals surface area (Å²) in [6, 6.07) is 4.84. The second kappa shape index (κ2) is 5.16. The third kappa shape index (κ3) is 2.31. The van der Waals surface area contributed by atoms with Crippen LogP contribution in [0.2, 0.25) is 0 Å². The van der Waals surface area contributed by atoms with Crippen LogP contribution in [0.3, 0.4) is 0 Å². The molecule has 0 saturated heterocycles. The van der Waals surface area contributed by atoms with E-state index >= 15 is 0 Å². The first kappa shape index (κ1) is 12.0. The van der Waals surface area contributed by atoms with Crippen LogP contribution < -0.4 is 9.47 Å². The van der Waals surface area contributed by atoms with Crippen LogP contribution in [0.4, 0.5) is 0 Å². The molecule has 0 atom stereocenters. The molecule has 0 bridgehead atoms. The maximum absolute atomic E-state index is 11.8. The molecule has 0 spiro atoms. The van der Waals surface area contributed by atoms with Gasteiger partial charge in [-0.05, 0) is 25.1 Å². The van der Waals surface area contributed by atoms with Gasteiger partial charge in [0.15, 0.2) is 0 Å². The fourth-order valence-corrected chi connectivity index (χ4v) is 1.23. The molecule has 0 aliphatic rings. The minimum absolute atomic E-state index is 0.00782. The van der Waals surface area contributed by atoms with E-state index in [1.807, 2.05) is 0 Å². The zero-order valence-electron chi connectivity index (χ0n) is 9.35. The lowest BCUT2D eigenvalue weighted by Crippen LogP contribution is -2.12. The van der Waals surface area contributed by atoms with E-state index in [1.54, 1.807) is 12.1 Å². The molecule has 0 aromatic heterocycles. The van der Waals surface area contributed by atoms with Crippen molar-refractivity contribution in [1.29, 1.82) is 0 Å². The molecule has 16 heavy (non-hydrogen) atoms. The van der Waals surface area contributed by atoms with Gasteiger partial charge in [0.25, 0.3) is 0 Å². The Morgan fingerprint density at radius 2 is 2.00 bits per heavy atom. The predicted octanol–water partition coefficient (Wildman–Crippen LogP) is 1.74. The van der Waals surface area contributed by atoms with Crippen LogP contribution in [0.15, 0.2) is 23.4 Å². The number of nitrogens with zero attached hydrogens (tertiary/aromatic N) is 1. The quantitative estimate of drug-likeness (QED) is 0.365. The predicted molar refractivity (Wildman–Crippen MR) is 58.8 cm³/mol. The molecule has 1 aromatic carbocycles. The smallest absolute Gasteiger partial charge is 0.214 e. The van der Waals surface area contributed by atoms with Crippen LogP contribution >= 0.6 is 0 Å². The molecule has 0 heterocycles. The lowest BCUT2D eigenvalue weighted by Gasteiger charge is -2.08. The van der Waals surface area contributed by atoms with Crippen molar-refractivity contribution in [2.45, 2.75) is 6.92 Å². The highest BCUT2D eigenvalue weighted by Crippen LogP contribution is 2.24. The average Bonchev–Trinajstić information content (AvgIpc) is 2.35. The second-order valence-corrected chi connectivity index (χ2v) is 3.08. The number of ketones is 1. The summed E-state index contributed by atoms with van der Waals surface area (Å²) in [5.74, 6) is 0.543. The molecule has 1 N–H and O–H groups in total. The highest BCUT2D eigenvalue weighted by Gasteiger charge is 2.16. The monoisotopic (exact) mass is 223 g/mol. The minimum Gasteiger partial charge on any atom is -0.497 e. The van der Waals surface area contributed by atoms with Crippen molar-refractivity contribution in [2.24, 2.45) is 5.16 Å². The molecular formula is C11H13NO4. The number of hydrogen-bond donors (Lipinski definition) is 1. The minimum atomic E-state index is -0.404. The highest BCUT2D eigenvalue weighted by atomic mass is 16.5. The lowest BCUT2D eigenvalue weighted by atomic mass is 10.1. The zero-order valence-corrected chi connectivity index (χ0v) is 9.35. The Kier molecular flexibility index (Phi) is 3.88. The number of methoxy groups -OCH3 is 2. The summed E-state index contributed by atoms with van der Waals surface area (Å²) >= 11 is 0. The van der Waals surface area contributed by atoms with Crippen LogP contribution in [0.5, 0.6) is 11.5 Å². The summed E-state index contributed by atoms with van der Waals surface area (Å²) in [6.45, 7) is 1.42. The first-order valence-electron chi connectivity index (χ1n) is 4.59. The van der Waals surface area contributed by atoms with Gasteiger partial charge in [-0.25, -0.2) is 0 Å². The summed E-state index contributed by atoms with van der Waals surface area (Å²) in [4.78, 5) is 11.8. The van der Waals surface area contributed by atoms with Gasteiger partial charge >= 0.3 is 0 Å². The van der Waals surface area contributed by atoms with Crippen LogP contribution in [0.25, 0.3) is 0 Å². The summed E-state index contributed by atoms with van der Waals surface area (Å²) in [6.07, 6.45) is 0. The average molecular weight is 223 g/mol. The van der Waals surface area contributed by atoms with Crippen molar-refractivity contribution in [3.8, 4) is 11.5 Å². The van der Waals surface area contributed by atoms with Gasteiger partial charge in [-0.2, -0.15) is 0 Å². The standard InChI is InChI=1S/C11H13NO4/c1-7(12-14)11(13)9-6-8(15-2)4-5-10(9)16-3/h4-6,14H,1-3H3. The molecule has 0 aliphatic carbocycles. The first-order valence-corrected chi connectivity index (χ1v) is 4.59. The molecule has 0 saturated carbocycles. The van der Waals surface area contributed by atoms with E-state index in [1.165, 1.54) is 27.2 Å². The number of carbonyl (C=O) groups is 1. The Bertz CT molecular complexity index is 426. The first-order chi connectivity index (χ1) is 7.63. The maximum Gasteiger partial charge on any atom is 0.214 e. The van der Waals surface area contributed by atoms with E-state index in [0.717, 1.165) is 0 Å². The SMILES string of the molecule is COc1ccc(OC)c(C(=O)C(C)=NO)c1. The van der Waals surface area contributed by atoms with E-state index in [-0.39, 0.29) is 5.71 Å². The Morgan fingerprint density at radius 1 is 1.31 bits per heavy atom. The fourth-order valence-electron chi connectivity index (χ4n) is 1.23. The number of hydrogen-bond acceptors (Lipinski definition) is 5. The number of rotatable bonds is 4. The van der Waals surface area contributed by atoms with Gasteiger partial charge in [-0.1, -0.05) is 5.16 Å². The second-order valence-electron chi connectivity index (χ2n) is 3.08. The molecule has 0 fully saturated rings. The molecule has 86 valence electrons. The number of benzene rings is 1. The number of oxime groups is 1. The fraction of sp³-hybridized carbons (Fsp3) is 0.273. The van der Waals surface area contributed by atoms with E-state index in [9.17, 15) is 4.79 Å². The van der Waals surface area contributed by atoms with E-state index in [4.69, 9.17) is 14.7 Å². The van der Waals surface area contributed by atoms with Crippen LogP contribution in [-0.2, 0) is 0 Å². The van der Waals surface area contributed by atoms with Gasteiger partial charge in [-0.15, -0.1) is 0 Å². The molecule has 0 unspecified atom stereocenters. The molecule has 5 heteroatoms. The van der Waals surface area contributed by atoms with Crippen molar-refractivity contribution in [2.75, 3.05) is 14.2 Å². The van der Waals surface area contributed by atoms with Crippen molar-refractivity contribution in [3.05, 3.63) is 23.8 Å². The van der Waals surface area contributed by atoms with Gasteiger partial charge < -0.3 is 14.7 Å². The normalized spacial score (nSPS) is 11.1. The molecular weight excluding hydrogens is 210 g/mol. The van der Waals surface area contributed by atoms with Gasteiger partial charge in [0.2, 0.25) is 5.78 Å². The Hall–Kier alpha value is -2.04. The summed E-state index contributed by atoms with van der Waals surface area (Å²) in [7, 11) is 2.97. The van der Waals surface area contributed by atoms with E-state index in [0.29, 0.717) is 17.1 Å². The zero-order chi connectivity index (χ0) is 12.1. The van der Waals surface area contributed by atoms with E-state index in [2.05, 4.69) is 5.16 Å². The topological polar surface area (TPSA) is 68.1 Å². The molecule has 1 aromatic rings. The van der Waals surface area contributed by atoms with Crippen LogP contribution in [0, 0.1) is 0 Å². The van der Waals surface area contributed by atoms with Crippen molar-refractivity contribution in [1.82, 2.24) is 0 Å². The molecule has 0 amide bonds. The lowest BCUT2D eigenvalue weighted by molar-refractivity contribution is 0.105. The summed E-state index contributed by atoms with van der Waals surface area (Å²) in [5.41, 5.74) is 0.295. The third-order valence-corrected chi connectivity index (χ3v) is 2.13. The summed E-state index contributed by atoms with van der Waals surface area (Å²) in [5, 5.41) is 11.4. The number of ether oxygens (including phenoxy) is 2. The van der Waals surface area contributed by atoms with Crippen LogP contribution in [-0.4, -0.2) is 30.9 Å². The van der Waals surface area contributed by atoms with Gasteiger partial charge in [0.1, 0.15) is 17.2 Å². The van der Waals surface area contributed by atoms with Crippen LogP contribution in [0.1, 0.15) is 17.3 Å². The number of carbonyl (C=O) groups excluding carboxylic acids is 1. The van der Waals surface area contributed by atoms with E-state index < -0.39 is 5.78 Å². The Balaban J connectivity index is 3.23. The Morgan fingerprint density at radius 3 is 2.50 bits per heavy atom. The summed E-state index contributed by atoms with van der Waals surface area (Å²) < 4.78 is 10.1. The number of Topliss-reactive ketones (excluding diaryl/α,β-unsaturated/α-hetero) is 1. The van der Waals surface area contributed by atoms with Gasteiger partial charge in [-0.3, -0.25) is 4.79 Å². The molecule has 5 nitrogen and oxygen atoms in total. The van der Waals surface area contributed by atoms with Gasteiger partial charge in [0.05, 0.1) is 19.8 Å². The highest BCUT2D eigenvalue weighted by molar-refractivity contribution is 6.45. The molecule has 0 aliphatic heterocycles. The molecule has 1 rings (SSSR count). The molecule has 0 radical (unpaired) electrons. The Labute approximate surface area is 93.3 Å². The van der Waals surface area contributed by atoms with Crippen molar-refractivity contribution >= 4 is 11.5 Å². The van der Waals surface area contributed by atoms with Gasteiger partial charge in [0, 0.05) is 0 Å². The largest absolute Gasteiger partial charge is 0.497 e. The maximum atomic E-state index is 11.8.